The molecule has 26 heavy (non-hydrogen) atoms. The number of nitrogens with one attached hydrogen (secondary N) is 2. The zero-order chi connectivity index (χ0) is 18.1. The summed E-state index contributed by atoms with van der Waals surface area (Å²) in [6.45, 7) is 2.70. The van der Waals surface area contributed by atoms with E-state index >= 15 is 0 Å². The van der Waals surface area contributed by atoms with Crippen LogP contribution in [0.1, 0.15) is 17.4 Å². The van der Waals surface area contributed by atoms with E-state index in [-0.39, 0.29) is 5.91 Å². The van der Waals surface area contributed by atoms with Gasteiger partial charge >= 0.3 is 0 Å². The van der Waals surface area contributed by atoms with E-state index in [0.29, 0.717) is 34.3 Å². The van der Waals surface area contributed by atoms with Crippen molar-refractivity contribution < 1.29 is 4.79 Å². The molecule has 7 nitrogen and oxygen atoms in total. The number of benzene rings is 2. The van der Waals surface area contributed by atoms with Gasteiger partial charge in [0.25, 0.3) is 5.91 Å². The van der Waals surface area contributed by atoms with Crippen LogP contribution in [0.15, 0.2) is 48.5 Å². The lowest BCUT2D eigenvalue weighted by Crippen LogP contribution is -2.17. The van der Waals surface area contributed by atoms with Crippen LogP contribution in [0.3, 0.4) is 0 Å². The van der Waals surface area contributed by atoms with Crippen molar-refractivity contribution in [2.24, 2.45) is 0 Å². The van der Waals surface area contributed by atoms with Crippen LogP contribution in [0.5, 0.6) is 0 Å². The van der Waals surface area contributed by atoms with Crippen LogP contribution in [0.25, 0.3) is 22.3 Å². The standard InChI is InChI=1S/C18H15ClN6O/c1-2-25-15-6-4-3-5-11(15)9-16(25)18(26)20-14-8-7-12(19)10-13(14)17-21-23-24-22-17/h3-10H,2H2,1H3,(H,20,26)(H,21,22,23,24). The third kappa shape index (κ3) is 2.82. The average molecular weight is 367 g/mol. The first-order valence-corrected chi connectivity index (χ1v) is 8.48. The van der Waals surface area contributed by atoms with E-state index in [0.717, 1.165) is 10.9 Å². The second-order valence-corrected chi connectivity index (χ2v) is 6.16. The molecule has 130 valence electrons. The molecule has 8 heteroatoms. The van der Waals surface area contributed by atoms with Crippen molar-refractivity contribution in [3.63, 3.8) is 0 Å². The Morgan fingerprint density at radius 2 is 2.08 bits per heavy atom. The van der Waals surface area contributed by atoms with E-state index in [2.05, 4.69) is 25.9 Å². The number of H-pyrrole nitrogens is 1. The Balaban J connectivity index is 1.74. The number of aromatic amines is 1. The maximum atomic E-state index is 12.9. The lowest BCUT2D eigenvalue weighted by Gasteiger charge is -2.11. The molecule has 0 unspecified atom stereocenters. The van der Waals surface area contributed by atoms with E-state index in [1.807, 2.05) is 41.8 Å². The fourth-order valence-electron chi connectivity index (χ4n) is 3.02. The molecule has 2 aromatic heterocycles. The average Bonchev–Trinajstić information content (AvgIpc) is 3.30. The molecule has 0 aliphatic rings. The summed E-state index contributed by atoms with van der Waals surface area (Å²) in [5.41, 5.74) is 2.81. The van der Waals surface area contributed by atoms with Crippen molar-refractivity contribution in [3.8, 4) is 11.4 Å². The molecule has 0 atom stereocenters. The SMILES string of the molecule is CCn1c(C(=O)Nc2ccc(Cl)cc2-c2nnn[nH]2)cc2ccccc21. The minimum absolute atomic E-state index is 0.209. The molecule has 2 N–H and O–H groups in total. The third-order valence-corrected chi connectivity index (χ3v) is 4.42. The van der Waals surface area contributed by atoms with Gasteiger partial charge in [-0.2, -0.15) is 0 Å². The Labute approximate surface area is 154 Å². The van der Waals surface area contributed by atoms with E-state index < -0.39 is 0 Å². The summed E-state index contributed by atoms with van der Waals surface area (Å²) in [6, 6.07) is 14.9. The van der Waals surface area contributed by atoms with Gasteiger partial charge in [0.2, 0.25) is 0 Å². The molecule has 0 radical (unpaired) electrons. The second kappa shape index (κ2) is 6.61. The Bertz CT molecular complexity index is 1090. The summed E-state index contributed by atoms with van der Waals surface area (Å²) >= 11 is 6.09. The molecule has 0 saturated carbocycles. The highest BCUT2D eigenvalue weighted by atomic mass is 35.5. The third-order valence-electron chi connectivity index (χ3n) is 4.19. The second-order valence-electron chi connectivity index (χ2n) is 5.73. The summed E-state index contributed by atoms with van der Waals surface area (Å²) in [7, 11) is 0. The van der Waals surface area contributed by atoms with Crippen LogP contribution in [-0.4, -0.2) is 31.1 Å². The molecule has 2 aromatic carbocycles. The zero-order valence-electron chi connectivity index (χ0n) is 13.9. The zero-order valence-corrected chi connectivity index (χ0v) is 14.7. The number of hydrogen-bond donors (Lipinski definition) is 2. The largest absolute Gasteiger partial charge is 0.337 e. The lowest BCUT2D eigenvalue weighted by atomic mass is 10.1. The van der Waals surface area contributed by atoms with Crippen molar-refractivity contribution in [3.05, 3.63) is 59.2 Å². The molecule has 4 aromatic rings. The molecular formula is C18H15ClN6O. The van der Waals surface area contributed by atoms with Crippen LogP contribution >= 0.6 is 11.6 Å². The number of tetrazole rings is 1. The van der Waals surface area contributed by atoms with E-state index in [4.69, 9.17) is 11.6 Å². The number of para-hydroxylation sites is 1. The molecule has 4 rings (SSSR count). The predicted octanol–water partition coefficient (Wildman–Crippen LogP) is 3.75. The Morgan fingerprint density at radius 1 is 1.23 bits per heavy atom. The summed E-state index contributed by atoms with van der Waals surface area (Å²) in [6.07, 6.45) is 0. The van der Waals surface area contributed by atoms with E-state index in [1.165, 1.54) is 0 Å². The quantitative estimate of drug-likeness (QED) is 0.575. The number of hydrogen-bond acceptors (Lipinski definition) is 4. The molecule has 0 aliphatic heterocycles. The van der Waals surface area contributed by atoms with Gasteiger partial charge in [0.05, 0.1) is 5.69 Å². The van der Waals surface area contributed by atoms with Gasteiger partial charge in [0.15, 0.2) is 5.82 Å². The van der Waals surface area contributed by atoms with Crippen LogP contribution in [0.4, 0.5) is 5.69 Å². The van der Waals surface area contributed by atoms with Crippen molar-refractivity contribution in [2.45, 2.75) is 13.5 Å². The molecule has 0 fully saturated rings. The van der Waals surface area contributed by atoms with Gasteiger partial charge in [0, 0.05) is 28.0 Å². The van der Waals surface area contributed by atoms with Gasteiger partial charge in [-0.3, -0.25) is 4.79 Å². The Morgan fingerprint density at radius 3 is 2.85 bits per heavy atom. The topological polar surface area (TPSA) is 88.5 Å². The monoisotopic (exact) mass is 366 g/mol. The number of carbonyl (C=O) groups excluding carboxylic acids is 1. The molecule has 0 aliphatic carbocycles. The van der Waals surface area contributed by atoms with Gasteiger partial charge in [0.1, 0.15) is 5.69 Å². The highest BCUT2D eigenvalue weighted by molar-refractivity contribution is 6.31. The smallest absolute Gasteiger partial charge is 0.272 e. The maximum absolute atomic E-state index is 12.9. The molecule has 0 bridgehead atoms. The number of halogens is 1. The van der Waals surface area contributed by atoms with Gasteiger partial charge < -0.3 is 9.88 Å². The minimum atomic E-state index is -0.209. The number of aryl methyl sites for hydroxylation is 1. The van der Waals surface area contributed by atoms with Gasteiger partial charge in [-0.25, -0.2) is 5.10 Å². The molecule has 0 saturated heterocycles. The summed E-state index contributed by atoms with van der Waals surface area (Å²) in [5, 5.41) is 18.3. The first-order valence-electron chi connectivity index (χ1n) is 8.10. The summed E-state index contributed by atoms with van der Waals surface area (Å²) in [5.74, 6) is 0.220. The van der Waals surface area contributed by atoms with Crippen molar-refractivity contribution in [2.75, 3.05) is 5.32 Å². The van der Waals surface area contributed by atoms with Crippen molar-refractivity contribution in [1.82, 2.24) is 25.2 Å². The van der Waals surface area contributed by atoms with Crippen molar-refractivity contribution in [1.29, 1.82) is 0 Å². The first-order chi connectivity index (χ1) is 12.7. The molecule has 1 amide bonds. The van der Waals surface area contributed by atoms with Gasteiger partial charge in [-0.1, -0.05) is 29.8 Å². The predicted molar refractivity (Wildman–Crippen MR) is 100 cm³/mol. The number of nitrogens with zero attached hydrogens (tertiary/aromatic N) is 4. The van der Waals surface area contributed by atoms with Gasteiger partial charge in [-0.05, 0) is 47.7 Å². The minimum Gasteiger partial charge on any atom is -0.337 e. The first kappa shape index (κ1) is 16.3. The van der Waals surface area contributed by atoms with Crippen LogP contribution in [0, 0.1) is 0 Å². The number of aromatic nitrogens is 5. The normalized spacial score (nSPS) is 11.0. The Hall–Kier alpha value is -3.19. The summed E-state index contributed by atoms with van der Waals surface area (Å²) in [4.78, 5) is 12.9. The highest BCUT2D eigenvalue weighted by Crippen LogP contribution is 2.29. The molecule has 2 heterocycles. The fraction of sp³-hybridized carbons (Fsp3) is 0.111. The Kier molecular flexibility index (Phi) is 4.14. The van der Waals surface area contributed by atoms with E-state index in [1.54, 1.807) is 18.2 Å². The van der Waals surface area contributed by atoms with E-state index in [9.17, 15) is 4.79 Å². The van der Waals surface area contributed by atoms with Crippen LogP contribution in [0.2, 0.25) is 5.02 Å². The molecular weight excluding hydrogens is 352 g/mol. The number of fused-ring (bicyclic) bond motifs is 1. The fourth-order valence-corrected chi connectivity index (χ4v) is 3.19. The van der Waals surface area contributed by atoms with Crippen LogP contribution < -0.4 is 5.32 Å². The molecule has 0 spiro atoms. The van der Waals surface area contributed by atoms with Gasteiger partial charge in [-0.15, -0.1) is 5.10 Å². The maximum Gasteiger partial charge on any atom is 0.272 e. The highest BCUT2D eigenvalue weighted by Gasteiger charge is 2.17. The summed E-state index contributed by atoms with van der Waals surface area (Å²) < 4.78 is 1.98. The lowest BCUT2D eigenvalue weighted by molar-refractivity contribution is 0.101. The van der Waals surface area contributed by atoms with Crippen LogP contribution in [-0.2, 0) is 6.54 Å². The number of anilines is 1. The number of carbonyl (C=O) groups is 1. The van der Waals surface area contributed by atoms with Crippen molar-refractivity contribution >= 4 is 34.1 Å². The number of amides is 1. The number of rotatable bonds is 4.